The zero-order chi connectivity index (χ0) is 34.5. The monoisotopic (exact) mass is 667 g/mol. The molecule has 0 bridgehead atoms. The molecule has 9 nitrogen and oxygen atoms in total. The molecule has 1 aromatic heterocycles. The SMILES string of the molecule is COc1ccccc1C(=O)COC(=O)c1ccc(N2C(=O)CC(Sc3nc(-c4ccccc4)cc(-c4ccc(C)cc4)c3C#N)C2=O)cc1. The van der Waals surface area contributed by atoms with Crippen LogP contribution in [0.1, 0.15) is 38.3 Å². The quantitative estimate of drug-likeness (QED) is 0.0873. The van der Waals surface area contributed by atoms with Gasteiger partial charge in [0.05, 0.1) is 40.4 Å². The molecule has 2 heterocycles. The third-order valence-electron chi connectivity index (χ3n) is 7.99. The number of imide groups is 1. The fourth-order valence-corrected chi connectivity index (χ4v) is 6.57. The first-order chi connectivity index (χ1) is 23.8. The van der Waals surface area contributed by atoms with Crippen molar-refractivity contribution in [1.82, 2.24) is 4.98 Å². The molecule has 1 aliphatic heterocycles. The highest BCUT2D eigenvalue weighted by Crippen LogP contribution is 2.39. The van der Waals surface area contributed by atoms with Crippen LogP contribution < -0.4 is 9.64 Å². The fourth-order valence-electron chi connectivity index (χ4n) is 5.45. The highest BCUT2D eigenvalue weighted by Gasteiger charge is 2.41. The minimum atomic E-state index is -0.824. The minimum Gasteiger partial charge on any atom is -0.496 e. The number of anilines is 1. The summed E-state index contributed by atoms with van der Waals surface area (Å²) in [6.07, 6.45) is -0.0969. The van der Waals surface area contributed by atoms with Gasteiger partial charge in [-0.05, 0) is 55.0 Å². The van der Waals surface area contributed by atoms with Gasteiger partial charge in [-0.25, -0.2) is 14.7 Å². The number of ketones is 1. The van der Waals surface area contributed by atoms with Crippen LogP contribution in [-0.4, -0.2) is 47.5 Å². The number of hydrogen-bond acceptors (Lipinski definition) is 9. The second-order valence-corrected chi connectivity index (χ2v) is 12.4. The van der Waals surface area contributed by atoms with Gasteiger partial charge < -0.3 is 9.47 Å². The van der Waals surface area contributed by atoms with Crippen LogP contribution in [0.2, 0.25) is 0 Å². The summed E-state index contributed by atoms with van der Waals surface area (Å²) in [7, 11) is 1.45. The molecule has 1 unspecified atom stereocenters. The maximum atomic E-state index is 13.7. The second-order valence-electron chi connectivity index (χ2n) is 11.2. The van der Waals surface area contributed by atoms with E-state index in [1.165, 1.54) is 31.4 Å². The molecule has 1 fully saturated rings. The number of methoxy groups -OCH3 is 1. The number of hydrogen-bond donors (Lipinski definition) is 0. The molecule has 1 aliphatic rings. The Labute approximate surface area is 287 Å². The number of aryl methyl sites for hydroxylation is 1. The van der Waals surface area contributed by atoms with Crippen molar-refractivity contribution < 1.29 is 28.7 Å². The predicted octanol–water partition coefficient (Wildman–Crippen LogP) is 7.07. The molecule has 49 heavy (non-hydrogen) atoms. The van der Waals surface area contributed by atoms with E-state index in [0.717, 1.165) is 33.4 Å². The molecule has 1 saturated heterocycles. The zero-order valence-corrected chi connectivity index (χ0v) is 27.4. The fraction of sp³-hybridized carbons (Fsp3) is 0.128. The van der Waals surface area contributed by atoms with Gasteiger partial charge in [0.25, 0.3) is 0 Å². The van der Waals surface area contributed by atoms with Crippen LogP contribution in [-0.2, 0) is 14.3 Å². The number of aromatic nitrogens is 1. The summed E-state index contributed by atoms with van der Waals surface area (Å²) >= 11 is 1.09. The van der Waals surface area contributed by atoms with E-state index in [4.69, 9.17) is 14.5 Å². The van der Waals surface area contributed by atoms with Crippen molar-refractivity contribution in [2.45, 2.75) is 23.6 Å². The highest BCUT2D eigenvalue weighted by atomic mass is 32.2. The first kappa shape index (κ1) is 32.9. The van der Waals surface area contributed by atoms with Gasteiger partial charge in [-0.1, -0.05) is 84.1 Å². The second kappa shape index (κ2) is 14.4. The van der Waals surface area contributed by atoms with Gasteiger partial charge in [0, 0.05) is 17.5 Å². The Morgan fingerprint density at radius 1 is 0.918 bits per heavy atom. The zero-order valence-electron chi connectivity index (χ0n) is 26.6. The summed E-state index contributed by atoms with van der Waals surface area (Å²) in [5.74, 6) is -1.66. The number of thioether (sulfide) groups is 1. The predicted molar refractivity (Wildman–Crippen MR) is 185 cm³/mol. The Bertz CT molecular complexity index is 2110. The molecule has 6 rings (SSSR count). The van der Waals surface area contributed by atoms with Gasteiger partial charge in [0.1, 0.15) is 16.8 Å². The van der Waals surface area contributed by atoms with Crippen LogP contribution in [0.4, 0.5) is 5.69 Å². The average Bonchev–Trinajstić information content (AvgIpc) is 3.42. The third kappa shape index (κ3) is 6.98. The van der Waals surface area contributed by atoms with E-state index in [2.05, 4.69) is 6.07 Å². The molecular formula is C39H29N3O6S. The molecule has 1 atom stereocenters. The number of benzene rings is 4. The van der Waals surface area contributed by atoms with E-state index in [0.29, 0.717) is 33.2 Å². The molecule has 4 aromatic carbocycles. The van der Waals surface area contributed by atoms with Gasteiger partial charge >= 0.3 is 5.97 Å². The molecule has 2 amide bonds. The minimum absolute atomic E-state index is 0.0969. The lowest BCUT2D eigenvalue weighted by molar-refractivity contribution is -0.121. The van der Waals surface area contributed by atoms with Crippen LogP contribution in [0.25, 0.3) is 22.4 Å². The first-order valence-electron chi connectivity index (χ1n) is 15.3. The van der Waals surface area contributed by atoms with Crippen molar-refractivity contribution in [1.29, 1.82) is 5.26 Å². The van der Waals surface area contributed by atoms with Crippen molar-refractivity contribution in [2.24, 2.45) is 0 Å². The number of nitriles is 1. The van der Waals surface area contributed by atoms with E-state index in [9.17, 15) is 24.4 Å². The van der Waals surface area contributed by atoms with Crippen LogP contribution >= 0.6 is 11.8 Å². The Balaban J connectivity index is 1.21. The van der Waals surface area contributed by atoms with Crippen LogP contribution in [0.3, 0.4) is 0 Å². The maximum Gasteiger partial charge on any atom is 0.338 e. The third-order valence-corrected chi connectivity index (χ3v) is 9.16. The Kier molecular flexibility index (Phi) is 9.65. The van der Waals surface area contributed by atoms with Gasteiger partial charge in [0.2, 0.25) is 17.6 Å². The van der Waals surface area contributed by atoms with E-state index >= 15 is 0 Å². The standard InChI is InChI=1S/C39H29N3O6S/c1-24-12-14-25(15-13-24)30-20-32(26-8-4-3-5-9-26)41-37(31(30)22-40)49-35-21-36(44)42(38(35)45)28-18-16-27(17-19-28)39(46)48-23-33(43)29-10-6-7-11-34(29)47-2/h3-20,35H,21,23H2,1-2H3. The van der Waals surface area contributed by atoms with Crippen molar-refractivity contribution in [3.63, 3.8) is 0 Å². The average molecular weight is 668 g/mol. The normalized spacial score (nSPS) is 14.0. The summed E-state index contributed by atoms with van der Waals surface area (Å²) in [6, 6.07) is 34.0. The van der Waals surface area contributed by atoms with Crippen molar-refractivity contribution >= 4 is 41.0 Å². The number of carbonyl (C=O) groups excluding carboxylic acids is 4. The van der Waals surface area contributed by atoms with Crippen LogP contribution in [0.5, 0.6) is 5.75 Å². The number of nitrogens with zero attached hydrogens (tertiary/aromatic N) is 3. The number of carbonyl (C=O) groups is 4. The van der Waals surface area contributed by atoms with E-state index in [-0.39, 0.29) is 17.7 Å². The Morgan fingerprint density at radius 2 is 1.61 bits per heavy atom. The number of esters is 1. The molecule has 0 N–H and O–H groups in total. The first-order valence-corrected chi connectivity index (χ1v) is 16.2. The van der Waals surface area contributed by atoms with Crippen molar-refractivity contribution in [2.75, 3.05) is 18.6 Å². The molecule has 0 radical (unpaired) electrons. The maximum absolute atomic E-state index is 13.7. The van der Waals surface area contributed by atoms with Gasteiger partial charge in [0.15, 0.2) is 6.61 Å². The molecule has 0 saturated carbocycles. The van der Waals surface area contributed by atoms with Crippen LogP contribution in [0.15, 0.2) is 114 Å². The van der Waals surface area contributed by atoms with Crippen molar-refractivity contribution in [3.8, 4) is 34.2 Å². The van der Waals surface area contributed by atoms with E-state index < -0.39 is 35.4 Å². The lowest BCUT2D eigenvalue weighted by atomic mass is 9.98. The molecular weight excluding hydrogens is 639 g/mol. The number of para-hydroxylation sites is 1. The number of rotatable bonds is 10. The number of amides is 2. The van der Waals surface area contributed by atoms with E-state index in [1.807, 2.05) is 67.6 Å². The molecule has 0 aliphatic carbocycles. The Hall–Kier alpha value is -6.05. The smallest absolute Gasteiger partial charge is 0.338 e. The number of pyridine rings is 1. The number of ether oxygens (including phenoxy) is 2. The van der Waals surface area contributed by atoms with Crippen LogP contribution in [0, 0.1) is 18.3 Å². The summed E-state index contributed by atoms with van der Waals surface area (Å²) in [4.78, 5) is 58.1. The van der Waals surface area contributed by atoms with Crippen molar-refractivity contribution in [3.05, 3.63) is 131 Å². The summed E-state index contributed by atoms with van der Waals surface area (Å²) < 4.78 is 10.4. The number of Topliss-reactive ketones (excluding diaryl/α,β-unsaturated/α-hetero) is 1. The largest absolute Gasteiger partial charge is 0.496 e. The lowest BCUT2D eigenvalue weighted by Gasteiger charge is -2.16. The highest BCUT2D eigenvalue weighted by molar-refractivity contribution is 8.00. The van der Waals surface area contributed by atoms with Gasteiger partial charge in [-0.15, -0.1) is 0 Å². The molecule has 10 heteroatoms. The summed E-state index contributed by atoms with van der Waals surface area (Å²) in [6.45, 7) is 1.50. The van der Waals surface area contributed by atoms with Gasteiger partial charge in [-0.3, -0.25) is 14.4 Å². The van der Waals surface area contributed by atoms with Gasteiger partial charge in [-0.2, -0.15) is 5.26 Å². The molecule has 5 aromatic rings. The molecule has 0 spiro atoms. The summed E-state index contributed by atoms with van der Waals surface area (Å²) in [5, 5.41) is 9.82. The lowest BCUT2D eigenvalue weighted by Crippen LogP contribution is -2.31. The van der Waals surface area contributed by atoms with E-state index in [1.54, 1.807) is 24.3 Å². The molecule has 242 valence electrons. The Morgan fingerprint density at radius 3 is 2.31 bits per heavy atom. The topological polar surface area (TPSA) is 127 Å². The summed E-state index contributed by atoms with van der Waals surface area (Å²) in [5.41, 5.74) is 5.12.